The van der Waals surface area contributed by atoms with Crippen LogP contribution in [0.2, 0.25) is 0 Å². The third kappa shape index (κ3) is 54.5. The molecule has 0 aromatic carbocycles. The molecule has 0 fully saturated rings. The van der Waals surface area contributed by atoms with E-state index in [0.29, 0.717) is 17.4 Å². The summed E-state index contributed by atoms with van der Waals surface area (Å²) in [5.41, 5.74) is 0. The van der Waals surface area contributed by atoms with Gasteiger partial charge in [-0.3, -0.25) is 14.2 Å². The van der Waals surface area contributed by atoms with Gasteiger partial charge < -0.3 is 27.9 Å². The standard InChI is InChI=1S/C60H106NO8P/c1-6-8-10-12-14-16-18-20-22-24-26-27-28-29-30-31-32-33-35-36-38-40-42-44-46-48-50-52-59(62)66-56-58(57-68-70(64,65)67-55-54-61(3,4)5)69-60(63)53-51-49-47-45-43-41-39-37-34-25-23-21-19-17-15-13-11-9-7-2/h9,11,15,17-18,20-21,23-24,26,28-29,34,37,58H,6-8,10,12-14,16,19,22,25,27,30-33,35-36,38-57H2,1-5H3/b11-9-,17-15-,20-18-,23-21-,26-24-,29-28-,37-34-. The van der Waals surface area contributed by atoms with E-state index in [1.807, 2.05) is 21.1 Å². The third-order valence-corrected chi connectivity index (χ3v) is 12.9. The lowest BCUT2D eigenvalue weighted by Crippen LogP contribution is -2.37. The number of ether oxygens (including phenoxy) is 2. The average Bonchev–Trinajstić information content (AvgIpc) is 3.32. The molecular weight excluding hydrogens is 894 g/mol. The van der Waals surface area contributed by atoms with Crippen LogP contribution in [-0.4, -0.2) is 70.0 Å². The number of quaternary nitrogens is 1. The minimum Gasteiger partial charge on any atom is -0.756 e. The van der Waals surface area contributed by atoms with E-state index in [4.69, 9.17) is 18.5 Å². The molecular formula is C60H106NO8P. The largest absolute Gasteiger partial charge is 0.756 e. The molecule has 2 atom stereocenters. The predicted molar refractivity (Wildman–Crippen MR) is 296 cm³/mol. The molecule has 404 valence electrons. The van der Waals surface area contributed by atoms with Crippen molar-refractivity contribution >= 4 is 19.8 Å². The highest BCUT2D eigenvalue weighted by Crippen LogP contribution is 2.38. The Morgan fingerprint density at radius 3 is 1.21 bits per heavy atom. The van der Waals surface area contributed by atoms with Gasteiger partial charge in [-0.15, -0.1) is 0 Å². The Bertz CT molecular complexity index is 1460. The molecule has 0 saturated heterocycles. The van der Waals surface area contributed by atoms with Crippen molar-refractivity contribution in [2.24, 2.45) is 0 Å². The molecule has 0 aliphatic carbocycles. The average molecular weight is 1000 g/mol. The van der Waals surface area contributed by atoms with Gasteiger partial charge in [-0.1, -0.05) is 214 Å². The second-order valence-electron chi connectivity index (χ2n) is 19.9. The lowest BCUT2D eigenvalue weighted by atomic mass is 10.0. The van der Waals surface area contributed by atoms with Crippen molar-refractivity contribution in [2.45, 2.75) is 238 Å². The van der Waals surface area contributed by atoms with E-state index in [9.17, 15) is 19.0 Å². The van der Waals surface area contributed by atoms with Crippen LogP contribution in [0.4, 0.5) is 0 Å². The third-order valence-electron chi connectivity index (χ3n) is 11.9. The van der Waals surface area contributed by atoms with Gasteiger partial charge in [-0.25, -0.2) is 0 Å². The monoisotopic (exact) mass is 1000 g/mol. The van der Waals surface area contributed by atoms with E-state index in [2.05, 4.69) is 98.9 Å². The molecule has 0 spiro atoms. The maximum atomic E-state index is 12.8. The van der Waals surface area contributed by atoms with Gasteiger partial charge in [-0.05, 0) is 89.9 Å². The molecule has 0 rings (SSSR count). The highest BCUT2D eigenvalue weighted by Gasteiger charge is 2.21. The molecule has 0 aliphatic heterocycles. The molecule has 0 aromatic heterocycles. The van der Waals surface area contributed by atoms with Crippen molar-refractivity contribution < 1.29 is 42.1 Å². The summed E-state index contributed by atoms with van der Waals surface area (Å²) >= 11 is 0. The van der Waals surface area contributed by atoms with E-state index in [0.717, 1.165) is 96.3 Å². The first-order valence-electron chi connectivity index (χ1n) is 28.3. The van der Waals surface area contributed by atoms with Crippen LogP contribution in [0.5, 0.6) is 0 Å². The van der Waals surface area contributed by atoms with Crippen LogP contribution in [-0.2, 0) is 32.7 Å². The van der Waals surface area contributed by atoms with Crippen molar-refractivity contribution in [3.8, 4) is 0 Å². The van der Waals surface area contributed by atoms with Crippen LogP contribution in [0.1, 0.15) is 232 Å². The number of likely N-dealkylation sites (N-methyl/N-ethyl adjacent to an activating group) is 1. The molecule has 0 aliphatic rings. The molecule has 2 unspecified atom stereocenters. The van der Waals surface area contributed by atoms with E-state index in [1.165, 1.54) is 103 Å². The SMILES string of the molecule is CC/C=C\C/C=C\C/C=C\C/C=C\CCCCCCCCC(=O)OC(COC(=O)CCCCCCCCCCCCCC/C=C\C/C=C\C/C=C\CCCCCCC)COP(=O)([O-])OCC[N+](C)(C)C. The van der Waals surface area contributed by atoms with Crippen LogP contribution in [0, 0.1) is 0 Å². The number of allylic oxidation sites excluding steroid dienone is 14. The maximum absolute atomic E-state index is 12.8. The summed E-state index contributed by atoms with van der Waals surface area (Å²) < 4.78 is 34.1. The van der Waals surface area contributed by atoms with Gasteiger partial charge >= 0.3 is 11.9 Å². The number of carbonyl (C=O) groups excluding carboxylic acids is 2. The first-order chi connectivity index (χ1) is 34.0. The summed E-state index contributed by atoms with van der Waals surface area (Å²) in [6.45, 7) is 4.10. The predicted octanol–water partition coefficient (Wildman–Crippen LogP) is 16.8. The van der Waals surface area contributed by atoms with Crippen LogP contribution >= 0.6 is 7.82 Å². The topological polar surface area (TPSA) is 111 Å². The van der Waals surface area contributed by atoms with Gasteiger partial charge in [0, 0.05) is 12.8 Å². The van der Waals surface area contributed by atoms with Gasteiger partial charge in [0.15, 0.2) is 6.10 Å². The lowest BCUT2D eigenvalue weighted by molar-refractivity contribution is -0.870. The molecule has 0 bridgehead atoms. The molecule has 70 heavy (non-hydrogen) atoms. The van der Waals surface area contributed by atoms with Crippen molar-refractivity contribution in [1.82, 2.24) is 0 Å². The molecule has 0 saturated carbocycles. The number of phosphoric ester groups is 1. The Balaban J connectivity index is 4.19. The zero-order valence-corrected chi connectivity index (χ0v) is 46.6. The number of rotatable bonds is 51. The fourth-order valence-electron chi connectivity index (χ4n) is 7.54. The van der Waals surface area contributed by atoms with Crippen LogP contribution in [0.15, 0.2) is 85.1 Å². The fourth-order valence-corrected chi connectivity index (χ4v) is 8.26. The second kappa shape index (κ2) is 51.1. The minimum absolute atomic E-state index is 0.0380. The summed E-state index contributed by atoms with van der Waals surface area (Å²) in [5.74, 6) is -0.853. The van der Waals surface area contributed by atoms with Gasteiger partial charge in [0.2, 0.25) is 0 Å². The zero-order valence-electron chi connectivity index (χ0n) is 45.7. The van der Waals surface area contributed by atoms with Crippen molar-refractivity contribution in [1.29, 1.82) is 0 Å². The normalized spacial score (nSPS) is 14.0. The Kier molecular flexibility index (Phi) is 49.1. The Morgan fingerprint density at radius 2 is 0.814 bits per heavy atom. The van der Waals surface area contributed by atoms with Crippen LogP contribution in [0.25, 0.3) is 0 Å². The second-order valence-corrected chi connectivity index (χ2v) is 21.3. The Labute approximate surface area is 431 Å². The minimum atomic E-state index is -4.64. The number of hydrogen-bond donors (Lipinski definition) is 0. The van der Waals surface area contributed by atoms with Gasteiger partial charge in [0.25, 0.3) is 7.82 Å². The summed E-state index contributed by atoms with van der Waals surface area (Å²) in [7, 11) is 1.15. The van der Waals surface area contributed by atoms with Crippen LogP contribution in [0.3, 0.4) is 0 Å². The quantitative estimate of drug-likeness (QED) is 0.0195. The van der Waals surface area contributed by atoms with E-state index >= 15 is 0 Å². The summed E-state index contributed by atoms with van der Waals surface area (Å²) in [6, 6.07) is 0. The number of esters is 2. The van der Waals surface area contributed by atoms with Crippen molar-refractivity contribution in [2.75, 3.05) is 47.5 Å². The highest BCUT2D eigenvalue weighted by molar-refractivity contribution is 7.45. The molecule has 9 nitrogen and oxygen atoms in total. The summed E-state index contributed by atoms with van der Waals surface area (Å²) in [6.07, 6.45) is 67.6. The van der Waals surface area contributed by atoms with Gasteiger partial charge in [0.1, 0.15) is 19.8 Å². The van der Waals surface area contributed by atoms with E-state index < -0.39 is 32.5 Å². The van der Waals surface area contributed by atoms with Gasteiger partial charge in [-0.2, -0.15) is 0 Å². The van der Waals surface area contributed by atoms with Crippen LogP contribution < -0.4 is 4.89 Å². The Hall–Kier alpha value is -2.81. The highest BCUT2D eigenvalue weighted by atomic mass is 31.2. The summed E-state index contributed by atoms with van der Waals surface area (Å²) in [5, 5.41) is 0. The van der Waals surface area contributed by atoms with Crippen molar-refractivity contribution in [3.63, 3.8) is 0 Å². The van der Waals surface area contributed by atoms with Crippen molar-refractivity contribution in [3.05, 3.63) is 85.1 Å². The zero-order chi connectivity index (χ0) is 51.3. The smallest absolute Gasteiger partial charge is 0.306 e. The fraction of sp³-hybridized carbons (Fsp3) is 0.733. The molecule has 0 N–H and O–H groups in total. The van der Waals surface area contributed by atoms with E-state index in [1.54, 1.807) is 0 Å². The molecule has 0 aromatic rings. The van der Waals surface area contributed by atoms with E-state index in [-0.39, 0.29) is 26.1 Å². The molecule has 0 radical (unpaired) electrons. The molecule has 10 heteroatoms. The Morgan fingerprint density at radius 1 is 0.457 bits per heavy atom. The number of hydrogen-bond acceptors (Lipinski definition) is 8. The summed E-state index contributed by atoms with van der Waals surface area (Å²) in [4.78, 5) is 37.8. The first-order valence-corrected chi connectivity index (χ1v) is 29.8. The molecule has 0 heterocycles. The number of carbonyl (C=O) groups is 2. The number of nitrogens with zero attached hydrogens (tertiary/aromatic N) is 1. The number of unbranched alkanes of at least 4 members (excludes halogenated alkanes) is 23. The first kappa shape index (κ1) is 67.2. The lowest BCUT2D eigenvalue weighted by Gasteiger charge is -2.28. The maximum Gasteiger partial charge on any atom is 0.306 e. The number of phosphoric acid groups is 1. The van der Waals surface area contributed by atoms with Gasteiger partial charge in [0.05, 0.1) is 27.7 Å². The molecule has 0 amide bonds.